The number of aromatic amines is 1. The molecule has 0 atom stereocenters. The molecule has 2 rings (SSSR count). The summed E-state index contributed by atoms with van der Waals surface area (Å²) >= 11 is 0. The molecule has 0 fully saturated rings. The van der Waals surface area contributed by atoms with Crippen molar-refractivity contribution in [2.45, 2.75) is 6.42 Å². The van der Waals surface area contributed by atoms with Crippen LogP contribution in [0.5, 0.6) is 5.88 Å². The van der Waals surface area contributed by atoms with Crippen LogP contribution in [-0.2, 0) is 6.42 Å². The summed E-state index contributed by atoms with van der Waals surface area (Å²) in [6.07, 6.45) is 0.425. The van der Waals surface area contributed by atoms with Crippen molar-refractivity contribution in [2.24, 2.45) is 0 Å². The van der Waals surface area contributed by atoms with Crippen LogP contribution in [0.25, 0.3) is 0 Å². The molecule has 0 saturated carbocycles. The van der Waals surface area contributed by atoms with Crippen molar-refractivity contribution in [1.82, 2.24) is 9.97 Å². The third kappa shape index (κ3) is 2.38. The molecule has 0 amide bonds. The van der Waals surface area contributed by atoms with Gasteiger partial charge in [-0.15, -0.1) is 0 Å². The van der Waals surface area contributed by atoms with E-state index >= 15 is 0 Å². The summed E-state index contributed by atoms with van der Waals surface area (Å²) in [7, 11) is 0. The highest BCUT2D eigenvalue weighted by atomic mass is 16.3. The summed E-state index contributed by atoms with van der Waals surface area (Å²) in [6.45, 7) is 0. The quantitative estimate of drug-likeness (QED) is 0.644. The van der Waals surface area contributed by atoms with Gasteiger partial charge in [0, 0.05) is 12.1 Å². The number of nitrogen functional groups attached to an aromatic ring is 1. The highest BCUT2D eigenvalue weighted by Crippen LogP contribution is 2.10. The summed E-state index contributed by atoms with van der Waals surface area (Å²) in [5, 5.41) is 9.17. The van der Waals surface area contributed by atoms with Crippen LogP contribution in [0.2, 0.25) is 0 Å². The summed E-state index contributed by atoms with van der Waals surface area (Å²) in [6, 6.07) is 8.31. The van der Waals surface area contributed by atoms with Crippen LogP contribution in [0, 0.1) is 0 Å². The number of rotatable bonds is 2. The topological polar surface area (TPSA) is 92.0 Å². The summed E-state index contributed by atoms with van der Waals surface area (Å²) in [5.41, 5.74) is 6.84. The van der Waals surface area contributed by atoms with Crippen LogP contribution in [0.15, 0.2) is 35.1 Å². The van der Waals surface area contributed by atoms with E-state index in [9.17, 15) is 9.90 Å². The fourth-order valence-corrected chi connectivity index (χ4v) is 1.47. The average molecular weight is 217 g/mol. The van der Waals surface area contributed by atoms with Crippen molar-refractivity contribution in [1.29, 1.82) is 0 Å². The van der Waals surface area contributed by atoms with Gasteiger partial charge in [-0.1, -0.05) is 12.1 Å². The Labute approximate surface area is 91.6 Å². The van der Waals surface area contributed by atoms with Gasteiger partial charge in [0.25, 0.3) is 5.56 Å². The van der Waals surface area contributed by atoms with Crippen LogP contribution in [0.3, 0.4) is 0 Å². The normalized spacial score (nSPS) is 10.2. The zero-order chi connectivity index (χ0) is 11.5. The number of hydrogen-bond donors (Lipinski definition) is 3. The average Bonchev–Trinajstić information content (AvgIpc) is 2.15. The standard InChI is InChI=1S/C11H11N3O2/c12-8-3-1-2-7(4-8)5-9-13-10(15)6-11(16)14-9/h1-4,6H,5,12H2,(H2,13,14,15,16). The maximum Gasteiger partial charge on any atom is 0.254 e. The minimum atomic E-state index is -0.369. The Morgan fingerprint density at radius 2 is 2.19 bits per heavy atom. The molecule has 5 nitrogen and oxygen atoms in total. The van der Waals surface area contributed by atoms with Crippen molar-refractivity contribution < 1.29 is 5.11 Å². The van der Waals surface area contributed by atoms with Crippen molar-refractivity contribution in [3.63, 3.8) is 0 Å². The molecule has 0 radical (unpaired) electrons. The summed E-state index contributed by atoms with van der Waals surface area (Å²) < 4.78 is 0. The molecule has 0 saturated heterocycles. The maximum atomic E-state index is 11.1. The molecule has 0 spiro atoms. The van der Waals surface area contributed by atoms with Crippen LogP contribution >= 0.6 is 0 Å². The van der Waals surface area contributed by atoms with Crippen molar-refractivity contribution >= 4 is 5.69 Å². The van der Waals surface area contributed by atoms with E-state index in [0.29, 0.717) is 17.9 Å². The molecular weight excluding hydrogens is 206 g/mol. The Balaban J connectivity index is 2.30. The van der Waals surface area contributed by atoms with Gasteiger partial charge in [0.15, 0.2) is 0 Å². The first-order chi connectivity index (χ1) is 7.63. The van der Waals surface area contributed by atoms with Gasteiger partial charge >= 0.3 is 0 Å². The Morgan fingerprint density at radius 3 is 2.88 bits per heavy atom. The molecule has 1 aromatic heterocycles. The molecule has 1 aromatic carbocycles. The van der Waals surface area contributed by atoms with Crippen molar-refractivity contribution in [3.8, 4) is 5.88 Å². The first kappa shape index (κ1) is 10.2. The van der Waals surface area contributed by atoms with Crippen molar-refractivity contribution in [2.75, 3.05) is 5.73 Å². The number of anilines is 1. The Hall–Kier alpha value is -2.30. The minimum Gasteiger partial charge on any atom is -0.493 e. The molecule has 4 N–H and O–H groups in total. The summed E-state index contributed by atoms with van der Waals surface area (Å²) in [4.78, 5) is 17.5. The van der Waals surface area contributed by atoms with E-state index in [-0.39, 0.29) is 11.4 Å². The largest absolute Gasteiger partial charge is 0.493 e. The van der Waals surface area contributed by atoms with Gasteiger partial charge in [0.2, 0.25) is 5.88 Å². The molecule has 0 bridgehead atoms. The highest BCUT2D eigenvalue weighted by molar-refractivity contribution is 5.41. The number of aromatic hydroxyl groups is 1. The second kappa shape index (κ2) is 4.06. The first-order valence-electron chi connectivity index (χ1n) is 4.77. The lowest BCUT2D eigenvalue weighted by Gasteiger charge is -2.02. The fourth-order valence-electron chi connectivity index (χ4n) is 1.47. The van der Waals surface area contributed by atoms with Gasteiger partial charge in [-0.2, -0.15) is 4.98 Å². The molecule has 0 aliphatic heterocycles. The van der Waals surface area contributed by atoms with Gasteiger partial charge in [-0.05, 0) is 17.7 Å². The van der Waals surface area contributed by atoms with Crippen LogP contribution in [-0.4, -0.2) is 15.1 Å². The zero-order valence-corrected chi connectivity index (χ0v) is 8.47. The Morgan fingerprint density at radius 1 is 1.38 bits per heavy atom. The second-order valence-corrected chi connectivity index (χ2v) is 3.47. The lowest BCUT2D eigenvalue weighted by Crippen LogP contribution is -2.09. The number of H-pyrrole nitrogens is 1. The molecule has 1 heterocycles. The third-order valence-corrected chi connectivity index (χ3v) is 2.10. The predicted molar refractivity (Wildman–Crippen MR) is 60.2 cm³/mol. The van der Waals surface area contributed by atoms with Crippen LogP contribution in [0.1, 0.15) is 11.4 Å². The minimum absolute atomic E-state index is 0.275. The van der Waals surface area contributed by atoms with Crippen LogP contribution in [0.4, 0.5) is 5.69 Å². The third-order valence-electron chi connectivity index (χ3n) is 2.10. The van der Waals surface area contributed by atoms with E-state index in [0.717, 1.165) is 11.6 Å². The van der Waals surface area contributed by atoms with Gasteiger partial charge in [-0.25, -0.2) is 0 Å². The second-order valence-electron chi connectivity index (χ2n) is 3.47. The van der Waals surface area contributed by atoms with E-state index in [1.54, 1.807) is 12.1 Å². The number of nitrogens with one attached hydrogen (secondary N) is 1. The number of nitrogens with zero attached hydrogens (tertiary/aromatic N) is 1. The molecule has 5 heteroatoms. The van der Waals surface area contributed by atoms with Crippen molar-refractivity contribution in [3.05, 3.63) is 52.1 Å². The van der Waals surface area contributed by atoms with Gasteiger partial charge < -0.3 is 15.8 Å². The van der Waals surface area contributed by atoms with Gasteiger partial charge in [0.1, 0.15) is 5.82 Å². The molecule has 0 unspecified atom stereocenters. The predicted octanol–water partition coefficient (Wildman–Crippen LogP) is 0.648. The SMILES string of the molecule is Nc1cccc(Cc2nc(O)cc(=O)[nH]2)c1. The molecule has 0 aliphatic rings. The number of hydrogen-bond acceptors (Lipinski definition) is 4. The Bertz CT molecular complexity index is 563. The molecule has 0 aliphatic carbocycles. The number of aromatic nitrogens is 2. The maximum absolute atomic E-state index is 11.1. The molecule has 16 heavy (non-hydrogen) atoms. The monoisotopic (exact) mass is 217 g/mol. The van der Waals surface area contributed by atoms with Crippen LogP contribution < -0.4 is 11.3 Å². The molecule has 82 valence electrons. The van der Waals surface area contributed by atoms with E-state index < -0.39 is 0 Å². The highest BCUT2D eigenvalue weighted by Gasteiger charge is 2.01. The lowest BCUT2D eigenvalue weighted by atomic mass is 10.1. The van der Waals surface area contributed by atoms with Gasteiger partial charge in [-0.3, -0.25) is 4.79 Å². The van der Waals surface area contributed by atoms with E-state index in [1.807, 2.05) is 12.1 Å². The summed E-state index contributed by atoms with van der Waals surface area (Å²) in [5.74, 6) is 0.137. The van der Waals surface area contributed by atoms with Gasteiger partial charge in [0.05, 0.1) is 6.07 Å². The van der Waals surface area contributed by atoms with E-state index in [4.69, 9.17) is 5.73 Å². The van der Waals surface area contributed by atoms with E-state index in [2.05, 4.69) is 9.97 Å². The smallest absolute Gasteiger partial charge is 0.254 e. The number of benzene rings is 1. The molecular formula is C11H11N3O2. The zero-order valence-electron chi connectivity index (χ0n) is 8.47. The van der Waals surface area contributed by atoms with E-state index in [1.165, 1.54) is 0 Å². The lowest BCUT2D eigenvalue weighted by molar-refractivity contribution is 0.448. The number of nitrogens with two attached hydrogens (primary N) is 1. The first-order valence-corrected chi connectivity index (χ1v) is 4.77. The Kier molecular flexibility index (Phi) is 2.59. The molecule has 2 aromatic rings. The fraction of sp³-hybridized carbons (Fsp3) is 0.0909.